The first kappa shape index (κ1) is 6.85. The van der Waals surface area contributed by atoms with Crippen LogP contribution >= 0.6 is 0 Å². The van der Waals surface area contributed by atoms with Crippen LogP contribution in [-0.4, -0.2) is 25.4 Å². The molecule has 0 aliphatic carbocycles. The third-order valence-corrected chi connectivity index (χ3v) is 2.28. The molecule has 1 fully saturated rings. The van der Waals surface area contributed by atoms with Gasteiger partial charge in [-0.2, -0.15) is 0 Å². The van der Waals surface area contributed by atoms with Crippen LogP contribution in [-0.2, 0) is 4.79 Å². The molecule has 0 saturated carbocycles. The van der Waals surface area contributed by atoms with Crippen LogP contribution in [0.5, 0.6) is 0 Å². The molecule has 2 aliphatic rings. The van der Waals surface area contributed by atoms with E-state index in [1.807, 2.05) is 0 Å². The predicted octanol–water partition coefficient (Wildman–Crippen LogP) is -0.348. The van der Waals surface area contributed by atoms with E-state index in [9.17, 15) is 4.79 Å². The van der Waals surface area contributed by atoms with Gasteiger partial charge in [0.05, 0.1) is 5.92 Å². The minimum Gasteiger partial charge on any atom is -0.387 e. The standard InChI is InChI=1S/C8H12N2O/c11-8-2-4-10-7-1-3-9-5-6(7)8/h1,6,9-10H,2-5H2. The minimum atomic E-state index is 0.123. The smallest absolute Gasteiger partial charge is 0.144 e. The van der Waals surface area contributed by atoms with Crippen molar-refractivity contribution >= 4 is 5.78 Å². The van der Waals surface area contributed by atoms with Crippen molar-refractivity contribution in [2.24, 2.45) is 5.92 Å². The number of carbonyl (C=O) groups excluding carboxylic acids is 1. The number of Topliss-reactive ketones (excluding diaryl/α,β-unsaturated/α-hetero) is 1. The number of hydrogen-bond acceptors (Lipinski definition) is 3. The first-order valence-corrected chi connectivity index (χ1v) is 4.05. The highest BCUT2D eigenvalue weighted by Gasteiger charge is 2.27. The lowest BCUT2D eigenvalue weighted by atomic mass is 9.92. The summed E-state index contributed by atoms with van der Waals surface area (Å²) in [6.07, 6.45) is 2.76. The molecule has 2 aliphatic heterocycles. The summed E-state index contributed by atoms with van der Waals surface area (Å²) < 4.78 is 0. The van der Waals surface area contributed by atoms with Crippen molar-refractivity contribution in [3.8, 4) is 0 Å². The van der Waals surface area contributed by atoms with Crippen molar-refractivity contribution in [2.45, 2.75) is 6.42 Å². The topological polar surface area (TPSA) is 41.1 Å². The van der Waals surface area contributed by atoms with Crippen LogP contribution in [0.3, 0.4) is 0 Å². The molecule has 0 aromatic rings. The highest BCUT2D eigenvalue weighted by Crippen LogP contribution is 2.17. The van der Waals surface area contributed by atoms with Crippen molar-refractivity contribution < 1.29 is 4.79 Å². The minimum absolute atomic E-state index is 0.123. The monoisotopic (exact) mass is 152 g/mol. The molecule has 0 aromatic carbocycles. The van der Waals surface area contributed by atoms with Crippen LogP contribution in [0.15, 0.2) is 11.8 Å². The van der Waals surface area contributed by atoms with E-state index in [2.05, 4.69) is 16.7 Å². The lowest BCUT2D eigenvalue weighted by Crippen LogP contribution is -2.43. The van der Waals surface area contributed by atoms with Gasteiger partial charge in [-0.3, -0.25) is 4.79 Å². The Morgan fingerprint density at radius 2 is 2.45 bits per heavy atom. The fraction of sp³-hybridized carbons (Fsp3) is 0.625. The molecule has 2 N–H and O–H groups in total. The van der Waals surface area contributed by atoms with Gasteiger partial charge in [-0.05, 0) is 0 Å². The molecule has 3 heteroatoms. The van der Waals surface area contributed by atoms with Crippen molar-refractivity contribution in [3.63, 3.8) is 0 Å². The zero-order valence-corrected chi connectivity index (χ0v) is 6.39. The third-order valence-electron chi connectivity index (χ3n) is 2.28. The van der Waals surface area contributed by atoms with Crippen LogP contribution in [0.25, 0.3) is 0 Å². The van der Waals surface area contributed by atoms with Crippen molar-refractivity contribution in [1.29, 1.82) is 0 Å². The van der Waals surface area contributed by atoms with Gasteiger partial charge in [0.15, 0.2) is 0 Å². The van der Waals surface area contributed by atoms with Crippen LogP contribution < -0.4 is 10.6 Å². The van der Waals surface area contributed by atoms with E-state index in [1.54, 1.807) is 0 Å². The molecular formula is C8H12N2O. The van der Waals surface area contributed by atoms with Gasteiger partial charge in [0.2, 0.25) is 0 Å². The summed E-state index contributed by atoms with van der Waals surface area (Å²) in [6.45, 7) is 2.53. The Hall–Kier alpha value is -0.830. The van der Waals surface area contributed by atoms with Crippen LogP contribution in [0.1, 0.15) is 6.42 Å². The van der Waals surface area contributed by atoms with Crippen LogP contribution in [0.2, 0.25) is 0 Å². The van der Waals surface area contributed by atoms with Crippen molar-refractivity contribution in [2.75, 3.05) is 19.6 Å². The zero-order chi connectivity index (χ0) is 7.68. The number of fused-ring (bicyclic) bond motifs is 1. The lowest BCUT2D eigenvalue weighted by Gasteiger charge is -2.29. The molecular weight excluding hydrogens is 140 g/mol. The van der Waals surface area contributed by atoms with Gasteiger partial charge < -0.3 is 10.6 Å². The highest BCUT2D eigenvalue weighted by molar-refractivity contribution is 5.85. The van der Waals surface area contributed by atoms with E-state index in [1.165, 1.54) is 0 Å². The summed E-state index contributed by atoms with van der Waals surface area (Å²) in [6, 6.07) is 0. The maximum Gasteiger partial charge on any atom is 0.144 e. The molecule has 0 bridgehead atoms. The molecule has 2 rings (SSSR count). The Morgan fingerprint density at radius 3 is 3.27 bits per heavy atom. The largest absolute Gasteiger partial charge is 0.387 e. The summed E-state index contributed by atoms with van der Waals surface area (Å²) in [5.41, 5.74) is 1.14. The number of rotatable bonds is 0. The lowest BCUT2D eigenvalue weighted by molar-refractivity contribution is -0.122. The van der Waals surface area contributed by atoms with E-state index < -0.39 is 0 Å². The van der Waals surface area contributed by atoms with Gasteiger partial charge in [-0.25, -0.2) is 0 Å². The number of hydrogen-bond donors (Lipinski definition) is 2. The number of ketones is 1. The van der Waals surface area contributed by atoms with Crippen molar-refractivity contribution in [1.82, 2.24) is 10.6 Å². The Balaban J connectivity index is 2.20. The molecule has 1 saturated heterocycles. The SMILES string of the molecule is O=C1CCNC2=CCNCC12. The van der Waals surface area contributed by atoms with E-state index >= 15 is 0 Å². The average molecular weight is 152 g/mol. The molecule has 0 spiro atoms. The number of piperidine rings is 1. The second kappa shape index (κ2) is 2.66. The fourth-order valence-corrected chi connectivity index (χ4v) is 1.65. The van der Waals surface area contributed by atoms with Crippen molar-refractivity contribution in [3.05, 3.63) is 11.8 Å². The van der Waals surface area contributed by atoms with Gasteiger partial charge in [-0.15, -0.1) is 0 Å². The van der Waals surface area contributed by atoms with Gasteiger partial charge >= 0.3 is 0 Å². The molecule has 0 amide bonds. The van der Waals surface area contributed by atoms with Gasteiger partial charge in [0.25, 0.3) is 0 Å². The molecule has 3 nitrogen and oxygen atoms in total. The first-order valence-electron chi connectivity index (χ1n) is 4.05. The van der Waals surface area contributed by atoms with E-state index in [-0.39, 0.29) is 5.92 Å². The Morgan fingerprint density at radius 1 is 1.55 bits per heavy atom. The average Bonchev–Trinajstić information content (AvgIpc) is 2.06. The van der Waals surface area contributed by atoms with Crippen LogP contribution in [0, 0.1) is 5.92 Å². The maximum absolute atomic E-state index is 11.3. The van der Waals surface area contributed by atoms with Gasteiger partial charge in [-0.1, -0.05) is 6.08 Å². The number of nitrogens with one attached hydrogen (secondary N) is 2. The third kappa shape index (κ3) is 1.16. The molecule has 0 radical (unpaired) electrons. The first-order chi connectivity index (χ1) is 5.38. The summed E-state index contributed by atoms with van der Waals surface area (Å²) in [5.74, 6) is 0.500. The molecule has 0 aromatic heterocycles. The molecule has 1 atom stereocenters. The van der Waals surface area contributed by atoms with Gasteiger partial charge in [0.1, 0.15) is 5.78 Å². The zero-order valence-electron chi connectivity index (χ0n) is 6.39. The number of carbonyl (C=O) groups is 1. The molecule has 60 valence electrons. The quantitative estimate of drug-likeness (QED) is 0.498. The molecule has 1 unspecified atom stereocenters. The van der Waals surface area contributed by atoms with Gasteiger partial charge in [0, 0.05) is 31.8 Å². The summed E-state index contributed by atoms with van der Waals surface area (Å²) in [5, 5.41) is 6.43. The van der Waals surface area contributed by atoms with Crippen LogP contribution in [0.4, 0.5) is 0 Å². The Bertz CT molecular complexity index is 210. The fourth-order valence-electron chi connectivity index (χ4n) is 1.65. The summed E-state index contributed by atoms with van der Waals surface area (Å²) >= 11 is 0. The Kier molecular flexibility index (Phi) is 1.66. The summed E-state index contributed by atoms with van der Waals surface area (Å²) in [7, 11) is 0. The second-order valence-corrected chi connectivity index (χ2v) is 3.01. The van der Waals surface area contributed by atoms with E-state index in [0.29, 0.717) is 12.2 Å². The van der Waals surface area contributed by atoms with E-state index in [4.69, 9.17) is 0 Å². The molecule has 2 heterocycles. The summed E-state index contributed by atoms with van der Waals surface area (Å²) in [4.78, 5) is 11.3. The predicted molar refractivity (Wildman–Crippen MR) is 42.1 cm³/mol. The molecule has 11 heavy (non-hydrogen) atoms. The maximum atomic E-state index is 11.3. The Labute approximate surface area is 65.9 Å². The normalized spacial score (nSPS) is 30.4. The second-order valence-electron chi connectivity index (χ2n) is 3.01. The highest BCUT2D eigenvalue weighted by atomic mass is 16.1. The van der Waals surface area contributed by atoms with E-state index in [0.717, 1.165) is 25.3 Å².